The first kappa shape index (κ1) is 35.7. The number of carboxylic acids is 1. The van der Waals surface area contributed by atoms with Crippen molar-refractivity contribution in [3.8, 4) is 0 Å². The SMILES string of the molecule is CCCCCC/C=C\CCCCCCCC(=O)OC(CCCC)CCCCCCCCCCCC(=O)O. The van der Waals surface area contributed by atoms with Crippen LogP contribution in [0.25, 0.3) is 0 Å². The zero-order chi connectivity index (χ0) is 27.2. The third-order valence-corrected chi connectivity index (χ3v) is 7.24. The molecular formula is C33H62O4. The second kappa shape index (κ2) is 29.2. The van der Waals surface area contributed by atoms with Gasteiger partial charge in [0.05, 0.1) is 0 Å². The van der Waals surface area contributed by atoms with Crippen LogP contribution in [0.4, 0.5) is 0 Å². The van der Waals surface area contributed by atoms with E-state index in [1.54, 1.807) is 0 Å². The highest BCUT2D eigenvalue weighted by Crippen LogP contribution is 2.17. The zero-order valence-electron chi connectivity index (χ0n) is 24.8. The monoisotopic (exact) mass is 522 g/mol. The van der Waals surface area contributed by atoms with Crippen molar-refractivity contribution >= 4 is 11.9 Å². The summed E-state index contributed by atoms with van der Waals surface area (Å²) in [6.07, 6.45) is 34.0. The quantitative estimate of drug-likeness (QED) is 0.0602. The molecule has 4 heteroatoms. The van der Waals surface area contributed by atoms with Crippen LogP contribution in [-0.2, 0) is 14.3 Å². The van der Waals surface area contributed by atoms with Crippen LogP contribution in [0.2, 0.25) is 0 Å². The third-order valence-electron chi connectivity index (χ3n) is 7.24. The normalized spacial score (nSPS) is 12.3. The zero-order valence-corrected chi connectivity index (χ0v) is 24.8. The predicted molar refractivity (Wildman–Crippen MR) is 158 cm³/mol. The van der Waals surface area contributed by atoms with Gasteiger partial charge in [0.2, 0.25) is 0 Å². The van der Waals surface area contributed by atoms with Gasteiger partial charge in [-0.15, -0.1) is 0 Å². The smallest absolute Gasteiger partial charge is 0.306 e. The summed E-state index contributed by atoms with van der Waals surface area (Å²) in [5, 5.41) is 8.66. The van der Waals surface area contributed by atoms with E-state index >= 15 is 0 Å². The van der Waals surface area contributed by atoms with Crippen molar-refractivity contribution in [2.45, 2.75) is 187 Å². The Morgan fingerprint density at radius 1 is 0.568 bits per heavy atom. The van der Waals surface area contributed by atoms with Gasteiger partial charge in [0.15, 0.2) is 0 Å². The average molecular weight is 523 g/mol. The van der Waals surface area contributed by atoms with Crippen LogP contribution >= 0.6 is 0 Å². The maximum Gasteiger partial charge on any atom is 0.306 e. The molecule has 1 unspecified atom stereocenters. The minimum atomic E-state index is -0.680. The van der Waals surface area contributed by atoms with Crippen molar-refractivity contribution in [1.29, 1.82) is 0 Å². The molecule has 0 bridgehead atoms. The van der Waals surface area contributed by atoms with Crippen LogP contribution in [0.3, 0.4) is 0 Å². The van der Waals surface area contributed by atoms with Crippen LogP contribution in [-0.4, -0.2) is 23.1 Å². The number of aliphatic carboxylic acids is 1. The van der Waals surface area contributed by atoms with Crippen molar-refractivity contribution < 1.29 is 19.4 Å². The van der Waals surface area contributed by atoms with Crippen LogP contribution in [0, 0.1) is 0 Å². The molecule has 4 nitrogen and oxygen atoms in total. The highest BCUT2D eigenvalue weighted by Gasteiger charge is 2.13. The van der Waals surface area contributed by atoms with Gasteiger partial charge in [-0.1, -0.05) is 122 Å². The van der Waals surface area contributed by atoms with Gasteiger partial charge in [0.25, 0.3) is 0 Å². The molecule has 0 aromatic rings. The predicted octanol–water partition coefficient (Wildman–Crippen LogP) is 10.7. The summed E-state index contributed by atoms with van der Waals surface area (Å²) in [5.41, 5.74) is 0. The van der Waals surface area contributed by atoms with E-state index in [1.807, 2.05) is 0 Å². The first-order chi connectivity index (χ1) is 18.1. The third kappa shape index (κ3) is 29.1. The molecule has 1 atom stereocenters. The van der Waals surface area contributed by atoms with Gasteiger partial charge in [-0.2, -0.15) is 0 Å². The number of esters is 1. The maximum absolute atomic E-state index is 12.4. The van der Waals surface area contributed by atoms with Gasteiger partial charge in [-0.25, -0.2) is 0 Å². The summed E-state index contributed by atoms with van der Waals surface area (Å²) >= 11 is 0. The van der Waals surface area contributed by atoms with Gasteiger partial charge in [-0.3, -0.25) is 9.59 Å². The van der Waals surface area contributed by atoms with Gasteiger partial charge < -0.3 is 9.84 Å². The van der Waals surface area contributed by atoms with E-state index in [0.29, 0.717) is 12.8 Å². The lowest BCUT2D eigenvalue weighted by Crippen LogP contribution is -2.18. The summed E-state index contributed by atoms with van der Waals surface area (Å²) in [6, 6.07) is 0. The lowest BCUT2D eigenvalue weighted by molar-refractivity contribution is -0.150. The summed E-state index contributed by atoms with van der Waals surface area (Å²) in [7, 11) is 0. The Morgan fingerprint density at radius 2 is 1.00 bits per heavy atom. The molecule has 1 N–H and O–H groups in total. The van der Waals surface area contributed by atoms with Crippen molar-refractivity contribution in [1.82, 2.24) is 0 Å². The summed E-state index contributed by atoms with van der Waals surface area (Å²) in [4.78, 5) is 22.9. The molecule has 0 aliphatic heterocycles. The topological polar surface area (TPSA) is 63.6 Å². The number of carbonyl (C=O) groups is 2. The summed E-state index contributed by atoms with van der Waals surface area (Å²) < 4.78 is 5.87. The number of hydrogen-bond acceptors (Lipinski definition) is 3. The second-order valence-electron chi connectivity index (χ2n) is 11.0. The average Bonchev–Trinajstić information content (AvgIpc) is 2.88. The van der Waals surface area contributed by atoms with E-state index in [0.717, 1.165) is 64.2 Å². The molecule has 0 heterocycles. The minimum absolute atomic E-state index is 0.00927. The minimum Gasteiger partial charge on any atom is -0.481 e. The molecule has 0 saturated carbocycles. The van der Waals surface area contributed by atoms with Crippen LogP contribution in [0.15, 0.2) is 12.2 Å². The number of rotatable bonds is 29. The Balaban J connectivity index is 3.70. The molecule has 218 valence electrons. The lowest BCUT2D eigenvalue weighted by atomic mass is 10.0. The molecule has 0 radical (unpaired) electrons. The van der Waals surface area contributed by atoms with Gasteiger partial charge in [-0.05, 0) is 57.8 Å². The second-order valence-corrected chi connectivity index (χ2v) is 11.0. The molecule has 0 aromatic heterocycles. The molecule has 0 amide bonds. The molecular weight excluding hydrogens is 460 g/mol. The number of unbranched alkanes of at least 4 members (excludes halogenated alkanes) is 18. The first-order valence-corrected chi connectivity index (χ1v) is 16.2. The molecule has 0 rings (SSSR count). The fraction of sp³-hybridized carbons (Fsp3) is 0.879. The van der Waals surface area contributed by atoms with Crippen LogP contribution < -0.4 is 0 Å². The van der Waals surface area contributed by atoms with E-state index in [1.165, 1.54) is 89.9 Å². The van der Waals surface area contributed by atoms with E-state index < -0.39 is 5.97 Å². The van der Waals surface area contributed by atoms with E-state index in [-0.39, 0.29) is 12.1 Å². The summed E-state index contributed by atoms with van der Waals surface area (Å²) in [6.45, 7) is 4.46. The number of carbonyl (C=O) groups excluding carboxylic acids is 1. The molecule has 0 fully saturated rings. The van der Waals surface area contributed by atoms with E-state index in [4.69, 9.17) is 9.84 Å². The number of allylic oxidation sites excluding steroid dienone is 2. The number of ether oxygens (including phenoxy) is 1. The van der Waals surface area contributed by atoms with Crippen molar-refractivity contribution in [3.05, 3.63) is 12.2 Å². The molecule has 0 spiro atoms. The van der Waals surface area contributed by atoms with Gasteiger partial charge in [0.1, 0.15) is 6.10 Å². The van der Waals surface area contributed by atoms with E-state index in [9.17, 15) is 9.59 Å². The Morgan fingerprint density at radius 3 is 1.54 bits per heavy atom. The Bertz CT molecular complexity index is 528. The van der Waals surface area contributed by atoms with Gasteiger partial charge in [0, 0.05) is 12.8 Å². The van der Waals surface area contributed by atoms with Crippen LogP contribution in [0.1, 0.15) is 181 Å². The fourth-order valence-corrected chi connectivity index (χ4v) is 4.81. The Labute approximate surface area is 230 Å². The highest BCUT2D eigenvalue weighted by molar-refractivity contribution is 5.69. The largest absolute Gasteiger partial charge is 0.481 e. The first-order valence-electron chi connectivity index (χ1n) is 16.2. The van der Waals surface area contributed by atoms with Crippen molar-refractivity contribution in [2.75, 3.05) is 0 Å². The molecule has 0 aliphatic carbocycles. The fourth-order valence-electron chi connectivity index (χ4n) is 4.81. The van der Waals surface area contributed by atoms with E-state index in [2.05, 4.69) is 26.0 Å². The molecule has 0 aliphatic rings. The molecule has 37 heavy (non-hydrogen) atoms. The Hall–Kier alpha value is -1.32. The van der Waals surface area contributed by atoms with Gasteiger partial charge >= 0.3 is 11.9 Å². The van der Waals surface area contributed by atoms with Crippen molar-refractivity contribution in [2.24, 2.45) is 0 Å². The number of carboxylic acid groups (broad SMARTS) is 1. The maximum atomic E-state index is 12.4. The highest BCUT2D eigenvalue weighted by atomic mass is 16.5. The Kier molecular flexibility index (Phi) is 28.2. The summed E-state index contributed by atoms with van der Waals surface area (Å²) in [5.74, 6) is -0.671. The molecule has 0 aromatic carbocycles. The van der Waals surface area contributed by atoms with Crippen molar-refractivity contribution in [3.63, 3.8) is 0 Å². The lowest BCUT2D eigenvalue weighted by Gasteiger charge is -2.18. The standard InChI is InChI=1S/C33H62O4/c1-3-5-7-8-9-10-11-12-13-17-20-23-26-30-33(36)37-31(27-6-4-2)28-24-21-18-15-14-16-19-22-25-29-32(34)35/h10-11,31H,3-9,12-30H2,1-2H3,(H,34,35)/b11-10-. The molecule has 0 saturated heterocycles. The van der Waals surface area contributed by atoms with Crippen LogP contribution in [0.5, 0.6) is 0 Å². The number of hydrogen-bond donors (Lipinski definition) is 1.